The lowest BCUT2D eigenvalue weighted by Crippen LogP contribution is -2.15. The van der Waals surface area contributed by atoms with Crippen molar-refractivity contribution >= 4 is 8.41 Å². The molecular formula is C4H11BNO. The lowest BCUT2D eigenvalue weighted by atomic mass is 10.6. The van der Waals surface area contributed by atoms with Gasteiger partial charge in [-0.1, -0.05) is 0 Å². The van der Waals surface area contributed by atoms with E-state index in [1.165, 1.54) is 0 Å². The molecule has 0 aliphatic rings. The predicted molar refractivity (Wildman–Crippen MR) is 31.4 cm³/mol. The van der Waals surface area contributed by atoms with Gasteiger partial charge in [-0.25, -0.2) is 0 Å². The molecule has 0 saturated carbocycles. The Morgan fingerprint density at radius 1 is 1.43 bits per heavy atom. The van der Waals surface area contributed by atoms with Gasteiger partial charge in [-0.2, -0.15) is 0 Å². The summed E-state index contributed by atoms with van der Waals surface area (Å²) in [5.41, 5.74) is 0. The highest BCUT2D eigenvalue weighted by Gasteiger charge is 1.80. The number of hydrogen-bond donors (Lipinski definition) is 1. The number of rotatable bonds is 2. The summed E-state index contributed by atoms with van der Waals surface area (Å²) >= 11 is 0. The van der Waals surface area contributed by atoms with Gasteiger partial charge in [-0.05, 0) is 14.1 Å². The summed E-state index contributed by atoms with van der Waals surface area (Å²) in [6, 6.07) is 0. The lowest BCUT2D eigenvalue weighted by Gasteiger charge is -2.03. The summed E-state index contributed by atoms with van der Waals surface area (Å²) in [6.45, 7) is 1.02. The first kappa shape index (κ1) is 10.1. The molecule has 0 aromatic carbocycles. The number of aliphatic hydroxyl groups is 1. The molecule has 0 bridgehead atoms. The summed E-state index contributed by atoms with van der Waals surface area (Å²) in [4.78, 5) is 1.93. The fraction of sp³-hybridized carbons (Fsp3) is 1.00. The van der Waals surface area contributed by atoms with Crippen LogP contribution in [0.3, 0.4) is 0 Å². The Morgan fingerprint density at radius 2 is 1.86 bits per heavy atom. The van der Waals surface area contributed by atoms with E-state index in [2.05, 4.69) is 0 Å². The second-order valence-electron chi connectivity index (χ2n) is 1.53. The summed E-state index contributed by atoms with van der Waals surface area (Å²) in [5.74, 6) is 0. The smallest absolute Gasteiger partial charge is 0.0558 e. The summed E-state index contributed by atoms with van der Waals surface area (Å²) in [7, 11) is 3.85. The van der Waals surface area contributed by atoms with Crippen molar-refractivity contribution in [1.29, 1.82) is 0 Å². The second-order valence-corrected chi connectivity index (χ2v) is 1.53. The van der Waals surface area contributed by atoms with Crippen molar-refractivity contribution < 1.29 is 5.11 Å². The van der Waals surface area contributed by atoms with Crippen LogP contribution in [0.1, 0.15) is 0 Å². The standard InChI is InChI=1S/C4H11NO.B/c1-5(2)3-4-6;/h6H,3-4H2,1-2H3;. The zero-order valence-electron chi connectivity index (χ0n) is 4.89. The Kier molecular flexibility index (Phi) is 8.61. The van der Waals surface area contributed by atoms with Gasteiger partial charge >= 0.3 is 0 Å². The normalized spacial score (nSPS) is 8.57. The average Bonchev–Trinajstić information content (AvgIpc) is 1.35. The van der Waals surface area contributed by atoms with Crippen LogP contribution in [0.4, 0.5) is 0 Å². The van der Waals surface area contributed by atoms with Gasteiger partial charge in [0.2, 0.25) is 0 Å². The molecule has 3 radical (unpaired) electrons. The number of nitrogens with zero attached hydrogens (tertiary/aromatic N) is 1. The van der Waals surface area contributed by atoms with E-state index < -0.39 is 0 Å². The van der Waals surface area contributed by atoms with Gasteiger partial charge in [0.1, 0.15) is 0 Å². The second kappa shape index (κ2) is 5.98. The van der Waals surface area contributed by atoms with Crippen LogP contribution in [0.15, 0.2) is 0 Å². The third kappa shape index (κ3) is 10.7. The van der Waals surface area contributed by atoms with Crippen LogP contribution in [0.5, 0.6) is 0 Å². The highest BCUT2D eigenvalue weighted by molar-refractivity contribution is 5.75. The summed E-state index contributed by atoms with van der Waals surface area (Å²) in [5, 5.41) is 8.20. The number of likely N-dealkylation sites (N-methyl/N-ethyl adjacent to an activating group) is 1. The van der Waals surface area contributed by atoms with Crippen LogP contribution in [0.25, 0.3) is 0 Å². The van der Waals surface area contributed by atoms with Gasteiger partial charge in [-0.15, -0.1) is 0 Å². The number of hydrogen-bond acceptors (Lipinski definition) is 2. The van der Waals surface area contributed by atoms with E-state index in [9.17, 15) is 0 Å². The average molecular weight is 99.9 g/mol. The summed E-state index contributed by atoms with van der Waals surface area (Å²) < 4.78 is 0. The Labute approximate surface area is 46.7 Å². The van der Waals surface area contributed by atoms with Gasteiger partial charge in [-0.3, -0.25) is 0 Å². The van der Waals surface area contributed by atoms with E-state index in [1.54, 1.807) is 0 Å². The van der Waals surface area contributed by atoms with E-state index in [4.69, 9.17) is 5.11 Å². The molecule has 2 nitrogen and oxygen atoms in total. The molecule has 0 unspecified atom stereocenters. The minimum absolute atomic E-state index is 0. The molecule has 0 amide bonds. The van der Waals surface area contributed by atoms with Crippen LogP contribution in [0, 0.1) is 0 Å². The largest absolute Gasteiger partial charge is 0.395 e. The van der Waals surface area contributed by atoms with Crippen molar-refractivity contribution in [1.82, 2.24) is 4.90 Å². The molecule has 0 fully saturated rings. The van der Waals surface area contributed by atoms with Crippen molar-refractivity contribution in [2.75, 3.05) is 27.2 Å². The van der Waals surface area contributed by atoms with E-state index in [1.807, 2.05) is 19.0 Å². The van der Waals surface area contributed by atoms with E-state index in [0.29, 0.717) is 0 Å². The van der Waals surface area contributed by atoms with Gasteiger partial charge in [0.15, 0.2) is 0 Å². The van der Waals surface area contributed by atoms with Crippen LogP contribution in [-0.2, 0) is 0 Å². The van der Waals surface area contributed by atoms with Crippen molar-refractivity contribution in [2.45, 2.75) is 0 Å². The first-order chi connectivity index (χ1) is 2.77. The Balaban J connectivity index is 0. The molecule has 41 valence electrons. The highest BCUT2D eigenvalue weighted by Crippen LogP contribution is 1.66. The molecular weight excluding hydrogens is 88.9 g/mol. The first-order valence-electron chi connectivity index (χ1n) is 2.03. The molecule has 0 aromatic rings. The monoisotopic (exact) mass is 100 g/mol. The molecule has 0 heterocycles. The van der Waals surface area contributed by atoms with Crippen molar-refractivity contribution in [2.24, 2.45) is 0 Å². The van der Waals surface area contributed by atoms with Gasteiger partial charge in [0.25, 0.3) is 0 Å². The third-order valence-corrected chi connectivity index (χ3v) is 0.547. The fourth-order valence-corrected chi connectivity index (χ4v) is 0.200. The molecule has 1 N–H and O–H groups in total. The van der Waals surface area contributed by atoms with Crippen molar-refractivity contribution in [3.8, 4) is 0 Å². The Morgan fingerprint density at radius 3 is 1.86 bits per heavy atom. The van der Waals surface area contributed by atoms with Crippen molar-refractivity contribution in [3.05, 3.63) is 0 Å². The minimum atomic E-state index is 0. The van der Waals surface area contributed by atoms with E-state index in [0.717, 1.165) is 6.54 Å². The maximum Gasteiger partial charge on any atom is 0.0558 e. The zero-order chi connectivity index (χ0) is 4.99. The fourth-order valence-electron chi connectivity index (χ4n) is 0.200. The number of aliphatic hydroxyl groups excluding tert-OH is 1. The van der Waals surface area contributed by atoms with Crippen LogP contribution >= 0.6 is 0 Å². The molecule has 0 saturated heterocycles. The first-order valence-corrected chi connectivity index (χ1v) is 2.03. The van der Waals surface area contributed by atoms with Gasteiger partial charge in [0.05, 0.1) is 6.61 Å². The van der Waals surface area contributed by atoms with E-state index >= 15 is 0 Å². The van der Waals surface area contributed by atoms with Crippen LogP contribution in [-0.4, -0.2) is 45.7 Å². The SMILES string of the molecule is CN(C)CCO.[B]. The highest BCUT2D eigenvalue weighted by atomic mass is 16.3. The molecule has 0 aliphatic carbocycles. The summed E-state index contributed by atoms with van der Waals surface area (Å²) in [6.07, 6.45) is 0. The quantitative estimate of drug-likeness (QED) is 0.457. The van der Waals surface area contributed by atoms with Crippen molar-refractivity contribution in [3.63, 3.8) is 0 Å². The molecule has 0 aromatic heterocycles. The molecule has 0 atom stereocenters. The maximum atomic E-state index is 8.20. The van der Waals surface area contributed by atoms with Gasteiger partial charge < -0.3 is 10.0 Å². The predicted octanol–water partition coefficient (Wildman–Crippen LogP) is -0.841. The maximum absolute atomic E-state index is 8.20. The topological polar surface area (TPSA) is 23.5 Å². The molecule has 0 rings (SSSR count). The van der Waals surface area contributed by atoms with Crippen LogP contribution < -0.4 is 0 Å². The zero-order valence-corrected chi connectivity index (χ0v) is 4.89. The molecule has 0 aliphatic heterocycles. The third-order valence-electron chi connectivity index (χ3n) is 0.547. The van der Waals surface area contributed by atoms with E-state index in [-0.39, 0.29) is 15.0 Å². The lowest BCUT2D eigenvalue weighted by molar-refractivity contribution is 0.243. The minimum Gasteiger partial charge on any atom is -0.395 e. The Hall–Kier alpha value is -0.0151. The molecule has 7 heavy (non-hydrogen) atoms. The van der Waals surface area contributed by atoms with Gasteiger partial charge in [0, 0.05) is 15.0 Å². The molecule has 0 spiro atoms. The van der Waals surface area contributed by atoms with Crippen LogP contribution in [0.2, 0.25) is 0 Å². The molecule has 3 heteroatoms. The Bertz CT molecular complexity index is 32.9.